The lowest BCUT2D eigenvalue weighted by Gasteiger charge is -2.22. The number of anilines is 1. The van der Waals surface area contributed by atoms with Gasteiger partial charge in [0.15, 0.2) is 0 Å². The fourth-order valence-corrected chi connectivity index (χ4v) is 3.93. The first-order valence-corrected chi connectivity index (χ1v) is 9.32. The molecule has 124 valence electrons. The van der Waals surface area contributed by atoms with Crippen LogP contribution in [-0.4, -0.2) is 31.9 Å². The molecule has 0 bridgehead atoms. The molecule has 0 saturated carbocycles. The SMILES string of the molecule is Cc1cnc(-c2cccc(NS(=O)(=O)C[C@H]3CCCCO3)c2)o1. The number of sulfonamides is 1. The van der Waals surface area contributed by atoms with Crippen LogP contribution in [0.25, 0.3) is 11.5 Å². The molecule has 0 spiro atoms. The second-order valence-corrected chi connectivity index (χ2v) is 7.50. The van der Waals surface area contributed by atoms with E-state index in [9.17, 15) is 8.42 Å². The predicted molar refractivity (Wildman–Crippen MR) is 87.7 cm³/mol. The lowest BCUT2D eigenvalue weighted by atomic mass is 10.1. The number of hydrogen-bond donors (Lipinski definition) is 1. The molecule has 1 atom stereocenters. The Morgan fingerprint density at radius 1 is 1.35 bits per heavy atom. The molecule has 1 aliphatic rings. The highest BCUT2D eigenvalue weighted by Gasteiger charge is 2.22. The minimum atomic E-state index is -3.45. The van der Waals surface area contributed by atoms with Gasteiger partial charge in [-0.15, -0.1) is 0 Å². The van der Waals surface area contributed by atoms with Gasteiger partial charge in [0.1, 0.15) is 5.76 Å². The van der Waals surface area contributed by atoms with Crippen molar-refractivity contribution in [2.45, 2.75) is 32.3 Å². The topological polar surface area (TPSA) is 81.4 Å². The van der Waals surface area contributed by atoms with Crippen LogP contribution in [0.2, 0.25) is 0 Å². The first kappa shape index (κ1) is 16.0. The summed E-state index contributed by atoms with van der Waals surface area (Å²) in [6.07, 6.45) is 4.21. The van der Waals surface area contributed by atoms with E-state index in [1.165, 1.54) is 0 Å². The molecule has 1 aliphatic heterocycles. The average molecular weight is 336 g/mol. The molecule has 0 radical (unpaired) electrons. The minimum Gasteiger partial charge on any atom is -0.441 e. The Balaban J connectivity index is 1.71. The molecule has 0 unspecified atom stereocenters. The van der Waals surface area contributed by atoms with Crippen LogP contribution < -0.4 is 4.72 Å². The number of aryl methyl sites for hydroxylation is 1. The van der Waals surface area contributed by atoms with Gasteiger partial charge in [0.2, 0.25) is 15.9 Å². The van der Waals surface area contributed by atoms with Crippen LogP contribution in [0.5, 0.6) is 0 Å². The van der Waals surface area contributed by atoms with E-state index < -0.39 is 10.0 Å². The number of hydrogen-bond acceptors (Lipinski definition) is 5. The van der Waals surface area contributed by atoms with Crippen LogP contribution in [-0.2, 0) is 14.8 Å². The number of nitrogens with zero attached hydrogens (tertiary/aromatic N) is 1. The van der Waals surface area contributed by atoms with E-state index in [4.69, 9.17) is 9.15 Å². The summed E-state index contributed by atoms with van der Waals surface area (Å²) in [5.74, 6) is 1.16. The van der Waals surface area contributed by atoms with Crippen molar-refractivity contribution >= 4 is 15.7 Å². The van der Waals surface area contributed by atoms with Crippen LogP contribution >= 0.6 is 0 Å². The van der Waals surface area contributed by atoms with Crippen molar-refractivity contribution in [3.63, 3.8) is 0 Å². The van der Waals surface area contributed by atoms with Crippen molar-refractivity contribution in [3.8, 4) is 11.5 Å². The van der Waals surface area contributed by atoms with Gasteiger partial charge in [0, 0.05) is 17.9 Å². The third-order valence-electron chi connectivity index (χ3n) is 3.68. The maximum Gasteiger partial charge on any atom is 0.235 e. The van der Waals surface area contributed by atoms with Crippen molar-refractivity contribution in [1.82, 2.24) is 4.98 Å². The van der Waals surface area contributed by atoms with E-state index in [-0.39, 0.29) is 11.9 Å². The maximum absolute atomic E-state index is 12.3. The van der Waals surface area contributed by atoms with Crippen LogP contribution in [0.3, 0.4) is 0 Å². The molecule has 1 saturated heterocycles. The van der Waals surface area contributed by atoms with Gasteiger partial charge in [-0.25, -0.2) is 13.4 Å². The number of oxazole rings is 1. The third-order valence-corrected chi connectivity index (χ3v) is 5.04. The van der Waals surface area contributed by atoms with E-state index >= 15 is 0 Å². The van der Waals surface area contributed by atoms with Crippen molar-refractivity contribution in [2.75, 3.05) is 17.1 Å². The van der Waals surface area contributed by atoms with Crippen molar-refractivity contribution in [2.24, 2.45) is 0 Å². The Bertz CT molecular complexity index is 764. The summed E-state index contributed by atoms with van der Waals surface area (Å²) >= 11 is 0. The van der Waals surface area contributed by atoms with Crippen molar-refractivity contribution < 1.29 is 17.6 Å². The minimum absolute atomic E-state index is 0.0185. The number of benzene rings is 1. The highest BCUT2D eigenvalue weighted by molar-refractivity contribution is 7.92. The maximum atomic E-state index is 12.3. The molecule has 1 aromatic heterocycles. The van der Waals surface area contributed by atoms with Gasteiger partial charge in [-0.05, 0) is 44.4 Å². The molecular weight excluding hydrogens is 316 g/mol. The quantitative estimate of drug-likeness (QED) is 0.908. The molecule has 23 heavy (non-hydrogen) atoms. The van der Waals surface area contributed by atoms with E-state index in [2.05, 4.69) is 9.71 Å². The zero-order valence-corrected chi connectivity index (χ0v) is 13.8. The summed E-state index contributed by atoms with van der Waals surface area (Å²) in [5.41, 5.74) is 1.22. The summed E-state index contributed by atoms with van der Waals surface area (Å²) < 4.78 is 38.2. The van der Waals surface area contributed by atoms with Gasteiger partial charge in [0.05, 0.1) is 18.1 Å². The zero-order valence-electron chi connectivity index (χ0n) is 13.0. The number of aromatic nitrogens is 1. The van der Waals surface area contributed by atoms with Crippen LogP contribution in [0.1, 0.15) is 25.0 Å². The van der Waals surface area contributed by atoms with Crippen LogP contribution in [0, 0.1) is 6.92 Å². The highest BCUT2D eigenvalue weighted by atomic mass is 32.2. The van der Waals surface area contributed by atoms with E-state index in [0.29, 0.717) is 23.9 Å². The summed E-state index contributed by atoms with van der Waals surface area (Å²) in [6.45, 7) is 2.45. The molecule has 1 N–H and O–H groups in total. The monoisotopic (exact) mass is 336 g/mol. The first-order valence-electron chi connectivity index (χ1n) is 7.67. The molecule has 2 heterocycles. The number of ether oxygens (including phenoxy) is 1. The smallest absolute Gasteiger partial charge is 0.235 e. The van der Waals surface area contributed by atoms with Crippen molar-refractivity contribution in [1.29, 1.82) is 0 Å². The van der Waals surface area contributed by atoms with Crippen LogP contribution in [0.4, 0.5) is 5.69 Å². The van der Waals surface area contributed by atoms with Gasteiger partial charge in [-0.3, -0.25) is 4.72 Å². The number of nitrogens with one attached hydrogen (secondary N) is 1. The van der Waals surface area contributed by atoms with Crippen LogP contribution in [0.15, 0.2) is 34.9 Å². The molecule has 0 aliphatic carbocycles. The second-order valence-electron chi connectivity index (χ2n) is 5.73. The average Bonchev–Trinajstić information content (AvgIpc) is 2.94. The third kappa shape index (κ3) is 4.33. The zero-order chi connectivity index (χ0) is 16.3. The summed E-state index contributed by atoms with van der Waals surface area (Å²) in [5, 5.41) is 0. The van der Waals surface area contributed by atoms with E-state index in [0.717, 1.165) is 24.8 Å². The number of rotatable bonds is 5. The molecule has 7 heteroatoms. The normalized spacial score (nSPS) is 18.7. The van der Waals surface area contributed by atoms with Gasteiger partial charge in [-0.2, -0.15) is 0 Å². The summed E-state index contributed by atoms with van der Waals surface area (Å²) in [7, 11) is -3.45. The summed E-state index contributed by atoms with van der Waals surface area (Å²) in [4.78, 5) is 4.15. The molecule has 0 amide bonds. The molecule has 1 fully saturated rings. The van der Waals surface area contributed by atoms with Crippen molar-refractivity contribution in [3.05, 3.63) is 36.2 Å². The summed E-state index contributed by atoms with van der Waals surface area (Å²) in [6, 6.07) is 7.01. The standard InChI is InChI=1S/C16H20N2O4S/c1-12-10-17-16(22-12)13-5-4-6-14(9-13)18-23(19,20)11-15-7-2-3-8-21-15/h4-6,9-10,15,18H,2-3,7-8,11H2,1H3/t15-/m1/s1. The molecular formula is C16H20N2O4S. The Morgan fingerprint density at radius 3 is 2.91 bits per heavy atom. The lowest BCUT2D eigenvalue weighted by molar-refractivity contribution is 0.0306. The molecule has 3 rings (SSSR count). The van der Waals surface area contributed by atoms with E-state index in [1.807, 2.05) is 13.0 Å². The van der Waals surface area contributed by atoms with Gasteiger partial charge >= 0.3 is 0 Å². The van der Waals surface area contributed by atoms with Gasteiger partial charge < -0.3 is 9.15 Å². The highest BCUT2D eigenvalue weighted by Crippen LogP contribution is 2.23. The predicted octanol–water partition coefficient (Wildman–Crippen LogP) is 2.96. The van der Waals surface area contributed by atoms with E-state index in [1.54, 1.807) is 24.4 Å². The van der Waals surface area contributed by atoms with Gasteiger partial charge in [0.25, 0.3) is 0 Å². The Labute approximate surface area is 135 Å². The molecule has 6 nitrogen and oxygen atoms in total. The fraction of sp³-hybridized carbons (Fsp3) is 0.438. The van der Waals surface area contributed by atoms with Gasteiger partial charge in [-0.1, -0.05) is 6.07 Å². The Morgan fingerprint density at radius 2 is 2.22 bits per heavy atom. The molecule has 1 aromatic carbocycles. The fourth-order valence-electron chi connectivity index (χ4n) is 2.61. The first-order chi connectivity index (χ1) is 11.0. The Kier molecular flexibility index (Phi) is 4.68. The Hall–Kier alpha value is -1.86. The second kappa shape index (κ2) is 6.72. The lowest BCUT2D eigenvalue weighted by Crippen LogP contribution is -2.30. The molecule has 2 aromatic rings. The largest absolute Gasteiger partial charge is 0.441 e.